The molecule has 0 aromatic carbocycles. The molecule has 0 saturated heterocycles. The highest BCUT2D eigenvalue weighted by Gasteiger charge is 2.60. The van der Waals surface area contributed by atoms with E-state index in [0.29, 0.717) is 25.4 Å². The van der Waals surface area contributed by atoms with Crippen molar-refractivity contribution in [1.29, 1.82) is 0 Å². The average molecular weight is 230 g/mol. The molecule has 1 fully saturated rings. The zero-order chi connectivity index (χ0) is 11.7. The van der Waals surface area contributed by atoms with E-state index in [1.165, 1.54) is 0 Å². The van der Waals surface area contributed by atoms with Gasteiger partial charge in [0.25, 0.3) is 0 Å². The standard InChI is InChI=1S/C11H22O3Si/c1-6-13-11(14-7-2)8-9(12)10(11)15(3,4)5/h10H,6-8H2,1-5H3. The van der Waals surface area contributed by atoms with Gasteiger partial charge >= 0.3 is 0 Å². The van der Waals surface area contributed by atoms with Crippen LogP contribution in [0.15, 0.2) is 0 Å². The molecule has 3 nitrogen and oxygen atoms in total. The fourth-order valence-corrected chi connectivity index (χ4v) is 5.16. The number of ketones is 1. The highest BCUT2D eigenvalue weighted by molar-refractivity contribution is 6.81. The van der Waals surface area contributed by atoms with Gasteiger partial charge in [0.05, 0.1) is 20.0 Å². The lowest BCUT2D eigenvalue weighted by Crippen LogP contribution is -2.62. The van der Waals surface area contributed by atoms with Gasteiger partial charge in [-0.15, -0.1) is 0 Å². The Morgan fingerprint density at radius 2 is 1.73 bits per heavy atom. The maximum Gasteiger partial charge on any atom is 0.182 e. The molecule has 0 N–H and O–H groups in total. The van der Waals surface area contributed by atoms with Gasteiger partial charge in [0.1, 0.15) is 5.78 Å². The normalized spacial score (nSPS) is 25.1. The van der Waals surface area contributed by atoms with Crippen molar-refractivity contribution >= 4 is 13.9 Å². The molecule has 88 valence electrons. The van der Waals surface area contributed by atoms with Crippen LogP contribution in [0.2, 0.25) is 25.2 Å². The van der Waals surface area contributed by atoms with Gasteiger partial charge in [-0.1, -0.05) is 19.6 Å². The predicted octanol–water partition coefficient (Wildman–Crippen LogP) is 2.44. The second-order valence-corrected chi connectivity index (χ2v) is 10.4. The summed E-state index contributed by atoms with van der Waals surface area (Å²) in [6, 6.07) is 0. The van der Waals surface area contributed by atoms with Crippen LogP contribution in [0.4, 0.5) is 0 Å². The lowest BCUT2D eigenvalue weighted by molar-refractivity contribution is -0.259. The quantitative estimate of drug-likeness (QED) is 0.537. The first-order valence-electron chi connectivity index (χ1n) is 5.68. The summed E-state index contributed by atoms with van der Waals surface area (Å²) >= 11 is 0. The van der Waals surface area contributed by atoms with Crippen LogP contribution in [0, 0.1) is 0 Å². The Bertz CT molecular complexity index is 239. The Morgan fingerprint density at radius 1 is 1.27 bits per heavy atom. The number of carbonyl (C=O) groups excluding carboxylic acids is 1. The third kappa shape index (κ3) is 2.32. The minimum atomic E-state index is -1.55. The number of ether oxygens (including phenoxy) is 2. The summed E-state index contributed by atoms with van der Waals surface area (Å²) in [7, 11) is -1.55. The molecule has 0 aromatic rings. The maximum atomic E-state index is 11.7. The Balaban J connectivity index is 2.85. The first-order chi connectivity index (χ1) is 6.87. The van der Waals surface area contributed by atoms with Crippen LogP contribution in [-0.2, 0) is 14.3 Å². The number of Topliss-reactive ketones (excluding diaryl/α,β-unsaturated/α-hetero) is 1. The van der Waals surface area contributed by atoms with Crippen LogP contribution in [0.3, 0.4) is 0 Å². The van der Waals surface area contributed by atoms with E-state index in [1.807, 2.05) is 13.8 Å². The van der Waals surface area contributed by atoms with Crippen LogP contribution in [0.25, 0.3) is 0 Å². The molecule has 1 unspecified atom stereocenters. The van der Waals surface area contributed by atoms with Crippen molar-refractivity contribution in [2.24, 2.45) is 0 Å². The molecule has 1 aliphatic rings. The molecule has 0 amide bonds. The molecule has 0 aromatic heterocycles. The number of hydrogen-bond donors (Lipinski definition) is 0. The summed E-state index contributed by atoms with van der Waals surface area (Å²) in [5.74, 6) is -0.276. The average Bonchev–Trinajstić information content (AvgIpc) is 2.00. The molecule has 15 heavy (non-hydrogen) atoms. The fraction of sp³-hybridized carbons (Fsp3) is 0.909. The summed E-state index contributed by atoms with van der Waals surface area (Å²) < 4.78 is 11.4. The summed E-state index contributed by atoms with van der Waals surface area (Å²) in [4.78, 5) is 11.7. The molecule has 1 rings (SSSR count). The molecule has 4 heteroatoms. The third-order valence-corrected chi connectivity index (χ3v) is 5.32. The molecule has 1 saturated carbocycles. The largest absolute Gasteiger partial charge is 0.349 e. The van der Waals surface area contributed by atoms with E-state index in [-0.39, 0.29) is 5.54 Å². The van der Waals surface area contributed by atoms with E-state index in [0.717, 1.165) is 0 Å². The van der Waals surface area contributed by atoms with Crippen molar-refractivity contribution in [2.75, 3.05) is 13.2 Å². The molecular formula is C11H22O3Si. The predicted molar refractivity (Wildman–Crippen MR) is 62.7 cm³/mol. The van der Waals surface area contributed by atoms with Crippen LogP contribution in [0.1, 0.15) is 20.3 Å². The molecule has 0 heterocycles. The van der Waals surface area contributed by atoms with Gasteiger partial charge in [0.2, 0.25) is 0 Å². The zero-order valence-corrected chi connectivity index (χ0v) is 11.4. The van der Waals surface area contributed by atoms with Gasteiger partial charge in [0, 0.05) is 13.2 Å². The molecular weight excluding hydrogens is 208 g/mol. The third-order valence-electron chi connectivity index (χ3n) is 2.83. The number of hydrogen-bond acceptors (Lipinski definition) is 3. The maximum absolute atomic E-state index is 11.7. The van der Waals surface area contributed by atoms with Gasteiger partial charge in [-0.25, -0.2) is 0 Å². The lowest BCUT2D eigenvalue weighted by atomic mass is 9.88. The highest BCUT2D eigenvalue weighted by Crippen LogP contribution is 2.49. The Kier molecular flexibility index (Phi) is 3.74. The first kappa shape index (κ1) is 12.9. The van der Waals surface area contributed by atoms with Crippen molar-refractivity contribution in [1.82, 2.24) is 0 Å². The molecule has 0 radical (unpaired) electrons. The van der Waals surface area contributed by atoms with E-state index in [2.05, 4.69) is 19.6 Å². The van der Waals surface area contributed by atoms with Crippen LogP contribution in [-0.4, -0.2) is 32.9 Å². The van der Waals surface area contributed by atoms with Crippen molar-refractivity contribution in [3.05, 3.63) is 0 Å². The monoisotopic (exact) mass is 230 g/mol. The molecule has 0 spiro atoms. The van der Waals surface area contributed by atoms with E-state index in [9.17, 15) is 4.79 Å². The van der Waals surface area contributed by atoms with Crippen LogP contribution in [0.5, 0.6) is 0 Å². The minimum Gasteiger partial charge on any atom is -0.349 e. The molecule has 0 bridgehead atoms. The molecule has 1 atom stereocenters. The number of carbonyl (C=O) groups is 1. The summed E-state index contributed by atoms with van der Waals surface area (Å²) in [6.45, 7) is 11.7. The van der Waals surface area contributed by atoms with Gasteiger partial charge in [-0.05, 0) is 13.8 Å². The lowest BCUT2D eigenvalue weighted by Gasteiger charge is -2.51. The molecule has 0 aliphatic heterocycles. The zero-order valence-electron chi connectivity index (χ0n) is 10.4. The van der Waals surface area contributed by atoms with Gasteiger partial charge in [-0.2, -0.15) is 0 Å². The highest BCUT2D eigenvalue weighted by atomic mass is 28.3. The second kappa shape index (κ2) is 4.35. The van der Waals surface area contributed by atoms with Gasteiger partial charge in [-0.3, -0.25) is 4.79 Å². The summed E-state index contributed by atoms with van der Waals surface area (Å²) in [6.07, 6.45) is 0.434. The summed E-state index contributed by atoms with van der Waals surface area (Å²) in [5, 5.41) is 0. The van der Waals surface area contributed by atoms with Gasteiger partial charge in [0.15, 0.2) is 5.79 Å². The Morgan fingerprint density at radius 3 is 2.00 bits per heavy atom. The van der Waals surface area contributed by atoms with Crippen molar-refractivity contribution in [2.45, 2.75) is 51.2 Å². The number of rotatable bonds is 5. The van der Waals surface area contributed by atoms with E-state index < -0.39 is 13.9 Å². The first-order valence-corrected chi connectivity index (χ1v) is 9.25. The van der Waals surface area contributed by atoms with Crippen molar-refractivity contribution in [3.8, 4) is 0 Å². The summed E-state index contributed by atoms with van der Waals surface area (Å²) in [5.41, 5.74) is 0.00454. The van der Waals surface area contributed by atoms with E-state index in [4.69, 9.17) is 9.47 Å². The topological polar surface area (TPSA) is 35.5 Å². The van der Waals surface area contributed by atoms with Crippen LogP contribution >= 0.6 is 0 Å². The van der Waals surface area contributed by atoms with E-state index in [1.54, 1.807) is 0 Å². The smallest absolute Gasteiger partial charge is 0.182 e. The second-order valence-electron chi connectivity index (χ2n) is 5.12. The van der Waals surface area contributed by atoms with Crippen molar-refractivity contribution < 1.29 is 14.3 Å². The Labute approximate surface area is 93.2 Å². The Hall–Kier alpha value is -0.193. The minimum absolute atomic E-state index is 0.00454. The van der Waals surface area contributed by atoms with Crippen LogP contribution < -0.4 is 0 Å². The van der Waals surface area contributed by atoms with E-state index >= 15 is 0 Å². The SMILES string of the molecule is CCOC1(OCC)CC(=O)C1[Si](C)(C)C. The van der Waals surface area contributed by atoms with Crippen molar-refractivity contribution in [3.63, 3.8) is 0 Å². The molecule has 1 aliphatic carbocycles. The fourth-order valence-electron chi connectivity index (χ4n) is 2.50. The van der Waals surface area contributed by atoms with Gasteiger partial charge < -0.3 is 9.47 Å².